The van der Waals surface area contributed by atoms with Gasteiger partial charge in [-0.1, -0.05) is 30.3 Å². The van der Waals surface area contributed by atoms with Crippen molar-refractivity contribution in [2.24, 2.45) is 0 Å². The van der Waals surface area contributed by atoms with Gasteiger partial charge in [0.1, 0.15) is 11.6 Å². The quantitative estimate of drug-likeness (QED) is 0.780. The summed E-state index contributed by atoms with van der Waals surface area (Å²) in [5.74, 6) is -0.0770. The van der Waals surface area contributed by atoms with Crippen LogP contribution in [0.25, 0.3) is 0 Å². The lowest BCUT2D eigenvalue weighted by Crippen LogP contribution is -2.54. The molecule has 1 aromatic carbocycles. The summed E-state index contributed by atoms with van der Waals surface area (Å²) >= 11 is 0. The first-order valence-corrected chi connectivity index (χ1v) is 6.96. The Balaban J connectivity index is 1.81. The van der Waals surface area contributed by atoms with E-state index in [1.165, 1.54) is 5.56 Å². The van der Waals surface area contributed by atoms with Crippen molar-refractivity contribution in [2.75, 3.05) is 13.1 Å². The van der Waals surface area contributed by atoms with Gasteiger partial charge in [0.05, 0.1) is 0 Å². The highest BCUT2D eigenvalue weighted by Crippen LogP contribution is 2.21. The minimum absolute atomic E-state index is 0.0389. The second-order valence-electron chi connectivity index (χ2n) is 6.11. The zero-order valence-corrected chi connectivity index (χ0v) is 12.1. The first-order chi connectivity index (χ1) is 8.96. The van der Waals surface area contributed by atoms with Crippen LogP contribution >= 0.6 is 0 Å². The number of carbonyl (C=O) groups is 1. The summed E-state index contributed by atoms with van der Waals surface area (Å²) in [5.41, 5.74) is 0.926. The number of hydrogen-bond acceptors (Lipinski definition) is 3. The van der Waals surface area contributed by atoms with Crippen LogP contribution in [0, 0.1) is 0 Å². The molecule has 0 aliphatic carbocycles. The molecule has 1 heterocycles. The van der Waals surface area contributed by atoms with Crippen LogP contribution in [-0.2, 0) is 16.0 Å². The second kappa shape index (κ2) is 5.74. The highest BCUT2D eigenvalue weighted by Gasteiger charge is 2.36. The zero-order chi connectivity index (χ0) is 13.9. The van der Waals surface area contributed by atoms with Crippen LogP contribution in [0.4, 0.5) is 0 Å². The Labute approximate surface area is 115 Å². The molecule has 0 N–H and O–H groups in total. The first-order valence-electron chi connectivity index (χ1n) is 6.96. The van der Waals surface area contributed by atoms with Gasteiger partial charge in [0.15, 0.2) is 0 Å². The summed E-state index contributed by atoms with van der Waals surface area (Å²) in [4.78, 5) is 14.2. The molecule has 1 aliphatic heterocycles. The van der Waals surface area contributed by atoms with E-state index in [9.17, 15) is 4.79 Å². The van der Waals surface area contributed by atoms with Gasteiger partial charge in [-0.05, 0) is 39.2 Å². The van der Waals surface area contributed by atoms with Gasteiger partial charge in [0, 0.05) is 13.1 Å². The van der Waals surface area contributed by atoms with Gasteiger partial charge in [0.25, 0.3) is 0 Å². The molecule has 0 saturated carbocycles. The van der Waals surface area contributed by atoms with Gasteiger partial charge in [-0.3, -0.25) is 9.69 Å². The van der Waals surface area contributed by atoms with E-state index in [2.05, 4.69) is 29.2 Å². The fourth-order valence-corrected chi connectivity index (χ4v) is 2.26. The van der Waals surface area contributed by atoms with Gasteiger partial charge in [-0.15, -0.1) is 0 Å². The molecule has 1 atom stereocenters. The molecular weight excluding hydrogens is 238 g/mol. The van der Waals surface area contributed by atoms with Crippen molar-refractivity contribution in [2.45, 2.75) is 45.3 Å². The number of likely N-dealkylation sites (tertiary alicyclic amines) is 1. The predicted octanol–water partition coefficient (Wildman–Crippen LogP) is 2.65. The molecule has 0 spiro atoms. The standard InChI is InChI=1S/C16H23NO2/c1-16(2,3)19-15(18)14-10-12-17(14)11-9-13-7-5-4-6-8-13/h4-8,14H,9-12H2,1-3H3. The predicted molar refractivity (Wildman–Crippen MR) is 76.0 cm³/mol. The summed E-state index contributed by atoms with van der Waals surface area (Å²) in [7, 11) is 0. The number of carbonyl (C=O) groups excluding carboxylic acids is 1. The lowest BCUT2D eigenvalue weighted by molar-refractivity contribution is -0.166. The molecule has 1 aromatic rings. The molecular formula is C16H23NO2. The summed E-state index contributed by atoms with van der Waals surface area (Å²) in [6.45, 7) is 7.66. The van der Waals surface area contributed by atoms with E-state index < -0.39 is 5.60 Å². The molecule has 1 aliphatic rings. The third kappa shape index (κ3) is 4.06. The van der Waals surface area contributed by atoms with Gasteiger partial charge in [0.2, 0.25) is 0 Å². The third-order valence-electron chi connectivity index (χ3n) is 3.34. The molecule has 0 aromatic heterocycles. The molecule has 3 nitrogen and oxygen atoms in total. The van der Waals surface area contributed by atoms with Gasteiger partial charge in [-0.25, -0.2) is 0 Å². The SMILES string of the molecule is CC(C)(C)OC(=O)C1CCN1CCc1ccccc1. The van der Waals surface area contributed by atoms with Crippen LogP contribution in [0.5, 0.6) is 0 Å². The van der Waals surface area contributed by atoms with Crippen molar-refractivity contribution in [3.8, 4) is 0 Å². The number of nitrogens with zero attached hydrogens (tertiary/aromatic N) is 1. The number of esters is 1. The largest absolute Gasteiger partial charge is 0.459 e. The molecule has 3 heteroatoms. The Hall–Kier alpha value is -1.35. The number of ether oxygens (including phenoxy) is 1. The Morgan fingerprint density at radius 2 is 2.00 bits per heavy atom. The molecule has 0 amide bonds. The summed E-state index contributed by atoms with van der Waals surface area (Å²) in [6.07, 6.45) is 1.91. The van der Waals surface area contributed by atoms with Crippen LogP contribution in [0.2, 0.25) is 0 Å². The van der Waals surface area contributed by atoms with E-state index in [1.807, 2.05) is 26.8 Å². The van der Waals surface area contributed by atoms with Crippen LogP contribution in [0.15, 0.2) is 30.3 Å². The van der Waals surface area contributed by atoms with Crippen LogP contribution < -0.4 is 0 Å². The molecule has 2 rings (SSSR count). The van der Waals surface area contributed by atoms with E-state index in [0.29, 0.717) is 0 Å². The van der Waals surface area contributed by atoms with E-state index in [4.69, 9.17) is 4.74 Å². The Kier molecular flexibility index (Phi) is 4.25. The first kappa shape index (κ1) is 14.1. The van der Waals surface area contributed by atoms with Gasteiger partial charge >= 0.3 is 5.97 Å². The Morgan fingerprint density at radius 1 is 1.32 bits per heavy atom. The number of hydrogen-bond donors (Lipinski definition) is 0. The molecule has 0 radical (unpaired) electrons. The molecule has 104 valence electrons. The maximum atomic E-state index is 12.0. The van der Waals surface area contributed by atoms with Crippen molar-refractivity contribution in [1.82, 2.24) is 4.90 Å². The van der Waals surface area contributed by atoms with E-state index in [1.54, 1.807) is 0 Å². The van der Waals surface area contributed by atoms with E-state index in [0.717, 1.165) is 25.9 Å². The minimum atomic E-state index is -0.391. The molecule has 1 saturated heterocycles. The second-order valence-corrected chi connectivity index (χ2v) is 6.11. The fourth-order valence-electron chi connectivity index (χ4n) is 2.26. The fraction of sp³-hybridized carbons (Fsp3) is 0.562. The Morgan fingerprint density at radius 3 is 2.53 bits per heavy atom. The van der Waals surface area contributed by atoms with E-state index >= 15 is 0 Å². The highest BCUT2D eigenvalue weighted by atomic mass is 16.6. The third-order valence-corrected chi connectivity index (χ3v) is 3.34. The summed E-state index contributed by atoms with van der Waals surface area (Å²) in [5, 5.41) is 0. The average Bonchev–Trinajstić information content (AvgIpc) is 2.26. The smallest absolute Gasteiger partial charge is 0.323 e. The van der Waals surface area contributed by atoms with Crippen LogP contribution in [-0.4, -0.2) is 35.6 Å². The summed E-state index contributed by atoms with van der Waals surface area (Å²) in [6, 6.07) is 10.3. The number of rotatable bonds is 4. The van der Waals surface area contributed by atoms with Crippen molar-refractivity contribution in [1.29, 1.82) is 0 Å². The van der Waals surface area contributed by atoms with Gasteiger partial charge in [-0.2, -0.15) is 0 Å². The minimum Gasteiger partial charge on any atom is -0.459 e. The molecule has 1 unspecified atom stereocenters. The maximum absolute atomic E-state index is 12.0. The molecule has 1 fully saturated rings. The van der Waals surface area contributed by atoms with Gasteiger partial charge < -0.3 is 4.74 Å². The van der Waals surface area contributed by atoms with Crippen molar-refractivity contribution >= 4 is 5.97 Å². The molecule has 0 bridgehead atoms. The number of benzene rings is 1. The van der Waals surface area contributed by atoms with E-state index in [-0.39, 0.29) is 12.0 Å². The van der Waals surface area contributed by atoms with Crippen LogP contribution in [0.3, 0.4) is 0 Å². The van der Waals surface area contributed by atoms with Crippen molar-refractivity contribution in [3.05, 3.63) is 35.9 Å². The Bertz CT molecular complexity index is 422. The lowest BCUT2D eigenvalue weighted by Gasteiger charge is -2.40. The normalized spacial score (nSPS) is 19.8. The topological polar surface area (TPSA) is 29.5 Å². The summed E-state index contributed by atoms with van der Waals surface area (Å²) < 4.78 is 5.44. The zero-order valence-electron chi connectivity index (χ0n) is 12.1. The van der Waals surface area contributed by atoms with Crippen molar-refractivity contribution < 1.29 is 9.53 Å². The average molecular weight is 261 g/mol. The maximum Gasteiger partial charge on any atom is 0.323 e. The molecule has 19 heavy (non-hydrogen) atoms. The lowest BCUT2D eigenvalue weighted by atomic mass is 10.0. The van der Waals surface area contributed by atoms with Crippen LogP contribution in [0.1, 0.15) is 32.8 Å². The van der Waals surface area contributed by atoms with Crippen molar-refractivity contribution in [3.63, 3.8) is 0 Å². The monoisotopic (exact) mass is 261 g/mol. The highest BCUT2D eigenvalue weighted by molar-refractivity contribution is 5.77.